The number of hydrogen-bond donors (Lipinski definition) is 0. The summed E-state index contributed by atoms with van der Waals surface area (Å²) in [6.45, 7) is 3.92. The lowest BCUT2D eigenvalue weighted by Gasteiger charge is -2.27. The van der Waals surface area contributed by atoms with Crippen molar-refractivity contribution in [3.63, 3.8) is 0 Å². The van der Waals surface area contributed by atoms with Crippen LogP contribution in [-0.2, 0) is 20.4 Å². The molecular formula is C10H15N2O4P. The maximum Gasteiger partial charge on any atom is 0.347 e. The van der Waals surface area contributed by atoms with E-state index in [-0.39, 0.29) is 24.7 Å². The third-order valence-electron chi connectivity index (χ3n) is 2.49. The fourth-order valence-electron chi connectivity index (χ4n) is 1.54. The van der Waals surface area contributed by atoms with Gasteiger partial charge in [0.15, 0.2) is 0 Å². The fraction of sp³-hybridized carbons (Fsp3) is 0.600. The zero-order chi connectivity index (χ0) is 12.5. The van der Waals surface area contributed by atoms with Gasteiger partial charge in [-0.2, -0.15) is 4.98 Å². The van der Waals surface area contributed by atoms with Crippen LogP contribution in [0.15, 0.2) is 17.1 Å². The summed E-state index contributed by atoms with van der Waals surface area (Å²) in [4.78, 5) is 15.4. The molecule has 0 saturated carbocycles. The molecule has 17 heavy (non-hydrogen) atoms. The molecule has 1 unspecified atom stereocenters. The molecule has 1 saturated heterocycles. The predicted molar refractivity (Wildman–Crippen MR) is 62.5 cm³/mol. The highest BCUT2D eigenvalue weighted by Gasteiger charge is 2.27. The van der Waals surface area contributed by atoms with Crippen molar-refractivity contribution in [3.05, 3.63) is 28.4 Å². The van der Waals surface area contributed by atoms with Gasteiger partial charge in [-0.15, -0.1) is 0 Å². The van der Waals surface area contributed by atoms with Crippen LogP contribution >= 0.6 is 7.37 Å². The average Bonchev–Trinajstić information content (AvgIpc) is 2.25. The van der Waals surface area contributed by atoms with E-state index in [2.05, 4.69) is 4.98 Å². The van der Waals surface area contributed by atoms with E-state index in [1.54, 1.807) is 25.9 Å². The first-order valence-electron chi connectivity index (χ1n) is 5.33. The van der Waals surface area contributed by atoms with Crippen LogP contribution < -0.4 is 5.69 Å². The van der Waals surface area contributed by atoms with Gasteiger partial charge < -0.3 is 9.26 Å². The van der Waals surface area contributed by atoms with Gasteiger partial charge in [0.25, 0.3) is 0 Å². The summed E-state index contributed by atoms with van der Waals surface area (Å²) in [6.07, 6.45) is 1.53. The lowest BCUT2D eigenvalue weighted by molar-refractivity contribution is 0.00378. The Hall–Kier alpha value is -0.970. The number of ether oxygens (including phenoxy) is 1. The molecule has 1 aromatic heterocycles. The second-order valence-electron chi connectivity index (χ2n) is 4.23. The first-order valence-corrected chi connectivity index (χ1v) is 7.59. The van der Waals surface area contributed by atoms with Crippen LogP contribution in [0.1, 0.15) is 5.69 Å². The van der Waals surface area contributed by atoms with Gasteiger partial charge in [0.2, 0.25) is 7.37 Å². The Morgan fingerprint density at radius 3 is 3.00 bits per heavy atom. The Morgan fingerprint density at radius 2 is 2.41 bits per heavy atom. The van der Waals surface area contributed by atoms with Crippen molar-refractivity contribution in [2.45, 2.75) is 19.6 Å². The topological polar surface area (TPSA) is 70.4 Å². The third-order valence-corrected chi connectivity index (χ3v) is 3.81. The number of rotatable bonds is 2. The van der Waals surface area contributed by atoms with Gasteiger partial charge in [-0.1, -0.05) is 0 Å². The standard InChI is InChI=1S/C10H15N2O4P/c1-8-3-4-12(10(13)11-8)5-9-6-16-17(2,14)7-15-9/h3-4,9H,5-7H2,1-2H3/t9-,17?/m0/s1. The van der Waals surface area contributed by atoms with Crippen LogP contribution in [0.3, 0.4) is 0 Å². The van der Waals surface area contributed by atoms with E-state index < -0.39 is 7.37 Å². The Balaban J connectivity index is 2.03. The Morgan fingerprint density at radius 1 is 1.65 bits per heavy atom. The van der Waals surface area contributed by atoms with Gasteiger partial charge in [-0.3, -0.25) is 9.13 Å². The van der Waals surface area contributed by atoms with E-state index in [1.807, 2.05) is 0 Å². The van der Waals surface area contributed by atoms with Gasteiger partial charge >= 0.3 is 5.69 Å². The molecule has 6 nitrogen and oxygen atoms in total. The molecule has 0 bridgehead atoms. The van der Waals surface area contributed by atoms with E-state index in [1.165, 1.54) is 4.57 Å². The highest BCUT2D eigenvalue weighted by Crippen LogP contribution is 2.45. The maximum absolute atomic E-state index is 11.5. The molecule has 0 N–H and O–H groups in total. The Labute approximate surface area is 99.0 Å². The maximum atomic E-state index is 11.5. The van der Waals surface area contributed by atoms with Crippen molar-refractivity contribution in [2.75, 3.05) is 19.6 Å². The molecule has 1 aromatic rings. The molecule has 0 radical (unpaired) electrons. The summed E-state index contributed by atoms with van der Waals surface area (Å²) in [5, 5.41) is 0. The zero-order valence-corrected chi connectivity index (χ0v) is 10.7. The van der Waals surface area contributed by atoms with Crippen LogP contribution in [0.4, 0.5) is 0 Å². The Bertz CT molecular complexity index is 501. The lowest BCUT2D eigenvalue weighted by atomic mass is 10.3. The molecule has 0 spiro atoms. The number of aromatic nitrogens is 2. The van der Waals surface area contributed by atoms with E-state index in [9.17, 15) is 9.36 Å². The van der Waals surface area contributed by atoms with Crippen LogP contribution in [0.2, 0.25) is 0 Å². The normalized spacial score (nSPS) is 29.2. The number of hydrogen-bond acceptors (Lipinski definition) is 5. The summed E-state index contributed by atoms with van der Waals surface area (Å²) in [5.74, 6) is 0. The quantitative estimate of drug-likeness (QED) is 0.735. The lowest BCUT2D eigenvalue weighted by Crippen LogP contribution is -2.34. The molecule has 0 amide bonds. The number of nitrogens with zero attached hydrogens (tertiary/aromatic N) is 2. The second kappa shape index (κ2) is 4.72. The highest BCUT2D eigenvalue weighted by atomic mass is 31.2. The van der Waals surface area contributed by atoms with E-state index in [0.717, 1.165) is 0 Å². The smallest absolute Gasteiger partial charge is 0.347 e. The Kier molecular flexibility index (Phi) is 3.47. The molecule has 7 heteroatoms. The zero-order valence-electron chi connectivity index (χ0n) is 9.83. The van der Waals surface area contributed by atoms with Gasteiger partial charge in [0.05, 0.1) is 13.2 Å². The molecule has 2 rings (SSSR count). The molecule has 2 atom stereocenters. The molecule has 1 fully saturated rings. The molecule has 94 valence electrons. The van der Waals surface area contributed by atoms with Crippen LogP contribution in [0.5, 0.6) is 0 Å². The first kappa shape index (κ1) is 12.5. The minimum absolute atomic E-state index is 0.103. The monoisotopic (exact) mass is 258 g/mol. The van der Waals surface area contributed by atoms with Crippen molar-refractivity contribution in [1.82, 2.24) is 9.55 Å². The third kappa shape index (κ3) is 3.25. The van der Waals surface area contributed by atoms with Gasteiger partial charge in [-0.25, -0.2) is 4.79 Å². The molecule has 1 aliphatic heterocycles. The second-order valence-corrected chi connectivity index (χ2v) is 6.78. The summed E-state index contributed by atoms with van der Waals surface area (Å²) in [5.41, 5.74) is 0.379. The van der Waals surface area contributed by atoms with Crippen molar-refractivity contribution in [2.24, 2.45) is 0 Å². The van der Waals surface area contributed by atoms with Crippen molar-refractivity contribution >= 4 is 7.37 Å². The van der Waals surface area contributed by atoms with Crippen LogP contribution in [-0.4, -0.2) is 35.3 Å². The fourth-order valence-corrected chi connectivity index (χ4v) is 2.58. The SMILES string of the molecule is Cc1ccn(C[C@H]2COP(C)(=O)CO2)c(=O)n1. The van der Waals surface area contributed by atoms with Gasteiger partial charge in [0, 0.05) is 18.6 Å². The highest BCUT2D eigenvalue weighted by molar-refractivity contribution is 7.58. The minimum atomic E-state index is -2.57. The summed E-state index contributed by atoms with van der Waals surface area (Å²) >= 11 is 0. The molecule has 0 aliphatic carbocycles. The minimum Gasteiger partial charge on any atom is -0.364 e. The average molecular weight is 258 g/mol. The van der Waals surface area contributed by atoms with Crippen molar-refractivity contribution < 1.29 is 13.8 Å². The summed E-state index contributed by atoms with van der Waals surface area (Å²) in [7, 11) is -2.57. The van der Waals surface area contributed by atoms with Crippen molar-refractivity contribution in [1.29, 1.82) is 0 Å². The van der Waals surface area contributed by atoms with E-state index >= 15 is 0 Å². The summed E-state index contributed by atoms with van der Waals surface area (Å²) in [6, 6.07) is 1.76. The van der Waals surface area contributed by atoms with Crippen LogP contribution in [0.25, 0.3) is 0 Å². The number of aryl methyl sites for hydroxylation is 1. The molecule has 0 aromatic carbocycles. The molecular weight excluding hydrogens is 243 g/mol. The van der Waals surface area contributed by atoms with Gasteiger partial charge in [0.1, 0.15) is 12.5 Å². The van der Waals surface area contributed by atoms with Gasteiger partial charge in [-0.05, 0) is 13.0 Å². The van der Waals surface area contributed by atoms with Crippen molar-refractivity contribution in [3.8, 4) is 0 Å². The van der Waals surface area contributed by atoms with Crippen LogP contribution in [0, 0.1) is 6.92 Å². The molecule has 1 aliphatic rings. The predicted octanol–water partition coefficient (Wildman–Crippen LogP) is 0.833. The van der Waals surface area contributed by atoms with E-state index in [0.29, 0.717) is 12.2 Å². The first-order chi connectivity index (χ1) is 7.96. The van der Waals surface area contributed by atoms with E-state index in [4.69, 9.17) is 9.26 Å². The summed E-state index contributed by atoms with van der Waals surface area (Å²) < 4.78 is 23.6. The largest absolute Gasteiger partial charge is 0.364 e. The molecule has 2 heterocycles.